The van der Waals surface area contributed by atoms with Crippen molar-refractivity contribution in [2.75, 3.05) is 0 Å². The molecule has 1 aliphatic rings. The highest BCUT2D eigenvalue weighted by atomic mass is 16.6. The lowest BCUT2D eigenvalue weighted by Gasteiger charge is -2.02. The lowest BCUT2D eigenvalue weighted by molar-refractivity contribution is -0.394. The summed E-state index contributed by atoms with van der Waals surface area (Å²) in [6.07, 6.45) is 1.18. The third-order valence-electron chi connectivity index (χ3n) is 4.33. The molecule has 9 nitrogen and oxygen atoms in total. The molecule has 0 aliphatic carbocycles. The first kappa shape index (κ1) is 18.0. The van der Waals surface area contributed by atoms with Crippen LogP contribution in [-0.4, -0.2) is 21.7 Å². The number of nitro groups is 2. The first-order valence-electron chi connectivity index (χ1n) is 8.37. The van der Waals surface area contributed by atoms with Crippen LogP contribution >= 0.6 is 0 Å². The van der Waals surface area contributed by atoms with Gasteiger partial charge in [-0.1, -0.05) is 30.3 Å². The van der Waals surface area contributed by atoms with E-state index in [1.807, 2.05) is 36.4 Å². The Labute approximate surface area is 162 Å². The summed E-state index contributed by atoms with van der Waals surface area (Å²) in [5.74, 6) is -0.683. The van der Waals surface area contributed by atoms with E-state index in [1.54, 1.807) is 6.07 Å². The monoisotopic (exact) mass is 389 g/mol. The van der Waals surface area contributed by atoms with Crippen molar-refractivity contribution in [2.45, 2.75) is 0 Å². The minimum absolute atomic E-state index is 0.0102. The number of rotatable bonds is 4. The zero-order chi connectivity index (χ0) is 20.5. The Kier molecular flexibility index (Phi) is 4.32. The third kappa shape index (κ3) is 3.44. The number of benzene rings is 3. The van der Waals surface area contributed by atoms with Gasteiger partial charge in [0.2, 0.25) is 5.90 Å². The van der Waals surface area contributed by atoms with Gasteiger partial charge in [-0.3, -0.25) is 20.2 Å². The van der Waals surface area contributed by atoms with Gasteiger partial charge in [0.05, 0.1) is 21.5 Å². The summed E-state index contributed by atoms with van der Waals surface area (Å²) in [6, 6.07) is 16.2. The van der Waals surface area contributed by atoms with Gasteiger partial charge in [0.1, 0.15) is 0 Å². The summed E-state index contributed by atoms with van der Waals surface area (Å²) in [5, 5.41) is 24.1. The lowest BCUT2D eigenvalue weighted by Crippen LogP contribution is -2.05. The number of carbonyl (C=O) groups is 1. The Morgan fingerprint density at radius 3 is 2.38 bits per heavy atom. The highest BCUT2D eigenvalue weighted by Crippen LogP contribution is 2.28. The molecule has 0 bridgehead atoms. The smallest absolute Gasteiger partial charge is 0.363 e. The molecule has 1 aliphatic heterocycles. The molecule has 0 atom stereocenters. The molecular weight excluding hydrogens is 378 g/mol. The molecule has 0 spiro atoms. The fourth-order valence-corrected chi connectivity index (χ4v) is 2.93. The molecule has 0 saturated carbocycles. The van der Waals surface area contributed by atoms with Crippen LogP contribution in [0.4, 0.5) is 11.4 Å². The van der Waals surface area contributed by atoms with E-state index < -0.39 is 27.2 Å². The van der Waals surface area contributed by atoms with Gasteiger partial charge in [-0.05, 0) is 35.0 Å². The molecule has 0 radical (unpaired) electrons. The zero-order valence-corrected chi connectivity index (χ0v) is 14.6. The van der Waals surface area contributed by atoms with Gasteiger partial charge in [0, 0.05) is 11.6 Å². The number of hydrogen-bond acceptors (Lipinski definition) is 7. The van der Waals surface area contributed by atoms with E-state index in [4.69, 9.17) is 4.74 Å². The number of nitrogens with zero attached hydrogens (tertiary/aromatic N) is 3. The third-order valence-corrected chi connectivity index (χ3v) is 4.33. The molecule has 1 heterocycles. The maximum absolute atomic E-state index is 12.2. The largest absolute Gasteiger partial charge is 0.402 e. The molecular formula is C20H11N3O6. The zero-order valence-electron chi connectivity index (χ0n) is 14.6. The molecule has 3 aromatic rings. The van der Waals surface area contributed by atoms with Gasteiger partial charge in [-0.15, -0.1) is 0 Å². The van der Waals surface area contributed by atoms with Crippen LogP contribution in [0, 0.1) is 20.2 Å². The minimum Gasteiger partial charge on any atom is -0.402 e. The maximum Gasteiger partial charge on any atom is 0.363 e. The molecule has 142 valence electrons. The normalized spacial score (nSPS) is 14.7. The van der Waals surface area contributed by atoms with Crippen LogP contribution in [0.25, 0.3) is 16.8 Å². The number of ether oxygens (including phenoxy) is 1. The molecule has 0 N–H and O–H groups in total. The van der Waals surface area contributed by atoms with Crippen LogP contribution in [0.1, 0.15) is 11.1 Å². The van der Waals surface area contributed by atoms with Gasteiger partial charge in [0.25, 0.3) is 11.4 Å². The van der Waals surface area contributed by atoms with E-state index in [9.17, 15) is 25.0 Å². The van der Waals surface area contributed by atoms with Crippen LogP contribution in [-0.2, 0) is 9.53 Å². The van der Waals surface area contributed by atoms with E-state index in [0.717, 1.165) is 22.9 Å². The predicted octanol–water partition coefficient (Wildman–Crippen LogP) is 4.00. The topological polar surface area (TPSA) is 125 Å². The van der Waals surface area contributed by atoms with Crippen LogP contribution < -0.4 is 0 Å². The Morgan fingerprint density at radius 1 is 0.897 bits per heavy atom. The molecule has 9 heteroatoms. The molecule has 0 unspecified atom stereocenters. The molecule has 0 amide bonds. The van der Waals surface area contributed by atoms with Crippen molar-refractivity contribution in [3.05, 3.63) is 97.7 Å². The van der Waals surface area contributed by atoms with Gasteiger partial charge in [-0.25, -0.2) is 9.79 Å². The van der Waals surface area contributed by atoms with Crippen molar-refractivity contribution < 1.29 is 19.4 Å². The number of esters is 1. The van der Waals surface area contributed by atoms with Crippen molar-refractivity contribution in [1.29, 1.82) is 0 Å². The van der Waals surface area contributed by atoms with E-state index in [2.05, 4.69) is 4.99 Å². The van der Waals surface area contributed by atoms with Crippen LogP contribution in [0.5, 0.6) is 0 Å². The summed E-state index contributed by atoms with van der Waals surface area (Å²) >= 11 is 0. The highest BCUT2D eigenvalue weighted by Gasteiger charge is 2.26. The number of non-ortho nitro benzene ring substituents is 1. The van der Waals surface area contributed by atoms with Gasteiger partial charge < -0.3 is 4.74 Å². The number of hydrogen-bond donors (Lipinski definition) is 0. The van der Waals surface area contributed by atoms with Gasteiger partial charge >= 0.3 is 5.97 Å². The Morgan fingerprint density at radius 2 is 1.66 bits per heavy atom. The summed E-state index contributed by atoms with van der Waals surface area (Å²) in [5.41, 5.74) is -0.470. The molecule has 0 aromatic heterocycles. The van der Waals surface area contributed by atoms with Crippen molar-refractivity contribution in [1.82, 2.24) is 0 Å². The van der Waals surface area contributed by atoms with Crippen LogP contribution in [0.15, 0.2) is 71.4 Å². The number of aliphatic imine (C=N–C) groups is 1. The Bertz CT molecular complexity index is 1260. The van der Waals surface area contributed by atoms with Crippen molar-refractivity contribution in [2.24, 2.45) is 4.99 Å². The second-order valence-electron chi connectivity index (χ2n) is 6.16. The maximum atomic E-state index is 12.2. The van der Waals surface area contributed by atoms with E-state index in [0.29, 0.717) is 5.56 Å². The van der Waals surface area contributed by atoms with E-state index in [1.165, 1.54) is 12.1 Å². The van der Waals surface area contributed by atoms with Crippen LogP contribution in [0.2, 0.25) is 0 Å². The highest BCUT2D eigenvalue weighted by molar-refractivity contribution is 6.13. The summed E-state index contributed by atoms with van der Waals surface area (Å²) < 4.78 is 5.21. The molecule has 4 rings (SSSR count). The second-order valence-corrected chi connectivity index (χ2v) is 6.16. The SMILES string of the molecule is O=C1OC(c2ccc3ccccc3c2)=N/C1=C\c1ccc([N+](=O)[O-])cc1[N+](=O)[O-]. The average Bonchev–Trinajstić information content (AvgIpc) is 3.08. The molecule has 29 heavy (non-hydrogen) atoms. The fourth-order valence-electron chi connectivity index (χ4n) is 2.93. The van der Waals surface area contributed by atoms with Crippen LogP contribution in [0.3, 0.4) is 0 Å². The number of carbonyl (C=O) groups excluding carboxylic acids is 1. The first-order valence-corrected chi connectivity index (χ1v) is 8.37. The Balaban J connectivity index is 1.74. The predicted molar refractivity (Wildman–Crippen MR) is 104 cm³/mol. The molecule has 0 saturated heterocycles. The Hall–Kier alpha value is -4.40. The van der Waals surface area contributed by atoms with E-state index in [-0.39, 0.29) is 17.2 Å². The molecule has 0 fully saturated rings. The number of fused-ring (bicyclic) bond motifs is 1. The quantitative estimate of drug-likeness (QED) is 0.287. The van der Waals surface area contributed by atoms with Gasteiger partial charge in [0.15, 0.2) is 5.70 Å². The minimum atomic E-state index is -0.763. The molecule has 3 aromatic carbocycles. The van der Waals surface area contributed by atoms with Crippen molar-refractivity contribution >= 4 is 40.1 Å². The van der Waals surface area contributed by atoms with E-state index >= 15 is 0 Å². The second kappa shape index (κ2) is 6.97. The summed E-state index contributed by atoms with van der Waals surface area (Å²) in [6.45, 7) is 0. The van der Waals surface area contributed by atoms with Crippen molar-refractivity contribution in [3.8, 4) is 0 Å². The number of nitro benzene ring substituents is 2. The standard InChI is InChI=1S/C20H11N3O6/c24-20-17(10-14-7-8-16(22(25)26)11-18(14)23(27)28)21-19(29-20)15-6-5-12-3-1-2-4-13(12)9-15/h1-11H/b17-10-. The van der Waals surface area contributed by atoms with Crippen molar-refractivity contribution in [3.63, 3.8) is 0 Å². The average molecular weight is 389 g/mol. The first-order chi connectivity index (χ1) is 13.9. The fraction of sp³-hybridized carbons (Fsp3) is 0. The number of cyclic esters (lactones) is 1. The summed E-state index contributed by atoms with van der Waals surface area (Å²) in [4.78, 5) is 37.0. The summed E-state index contributed by atoms with van der Waals surface area (Å²) in [7, 11) is 0. The van der Waals surface area contributed by atoms with Gasteiger partial charge in [-0.2, -0.15) is 0 Å². The lowest BCUT2D eigenvalue weighted by atomic mass is 10.1.